The first-order valence-electron chi connectivity index (χ1n) is 9.04. The third kappa shape index (κ3) is 5.22. The predicted octanol–water partition coefficient (Wildman–Crippen LogP) is 3.69. The van der Waals surface area contributed by atoms with Crippen molar-refractivity contribution in [3.63, 3.8) is 0 Å². The van der Waals surface area contributed by atoms with Crippen LogP contribution in [-0.2, 0) is 17.7 Å². The number of thiophene rings is 1. The van der Waals surface area contributed by atoms with Gasteiger partial charge in [0, 0.05) is 30.7 Å². The summed E-state index contributed by atoms with van der Waals surface area (Å²) >= 11 is 1.69. The molecule has 6 heteroatoms. The molecule has 0 radical (unpaired) electrons. The van der Waals surface area contributed by atoms with Crippen molar-refractivity contribution in [2.24, 2.45) is 0 Å². The maximum absolute atomic E-state index is 12.8. The molecule has 2 heterocycles. The van der Waals surface area contributed by atoms with Crippen LogP contribution >= 0.6 is 11.3 Å². The van der Waals surface area contributed by atoms with E-state index < -0.39 is 0 Å². The summed E-state index contributed by atoms with van der Waals surface area (Å²) in [5, 5.41) is 5.14. The van der Waals surface area contributed by atoms with Crippen molar-refractivity contribution in [2.45, 2.75) is 31.8 Å². The summed E-state index contributed by atoms with van der Waals surface area (Å²) in [4.78, 5) is 16.0. The second kappa shape index (κ2) is 9.59. The molecule has 140 valence electrons. The summed E-state index contributed by atoms with van der Waals surface area (Å²) in [6.45, 7) is 2.74. The van der Waals surface area contributed by atoms with Gasteiger partial charge in [-0.1, -0.05) is 18.2 Å². The average molecular weight is 375 g/mol. The maximum Gasteiger partial charge on any atom is 0.317 e. The van der Waals surface area contributed by atoms with E-state index in [0.717, 1.165) is 38.2 Å². The Hall–Kier alpha value is -2.05. The van der Waals surface area contributed by atoms with Gasteiger partial charge in [-0.15, -0.1) is 11.3 Å². The van der Waals surface area contributed by atoms with Crippen LogP contribution in [0, 0.1) is 0 Å². The van der Waals surface area contributed by atoms with Gasteiger partial charge in [0.25, 0.3) is 0 Å². The summed E-state index contributed by atoms with van der Waals surface area (Å²) in [6, 6.07) is 12.3. The number of carbonyl (C=O) groups is 1. The number of hydrogen-bond acceptors (Lipinski definition) is 4. The first-order valence-corrected chi connectivity index (χ1v) is 9.92. The molecule has 2 amide bonds. The molecule has 1 fully saturated rings. The molecule has 0 unspecified atom stereocenters. The highest BCUT2D eigenvalue weighted by atomic mass is 32.1. The van der Waals surface area contributed by atoms with Gasteiger partial charge in [-0.05, 0) is 48.4 Å². The van der Waals surface area contributed by atoms with E-state index in [2.05, 4.69) is 16.8 Å². The van der Waals surface area contributed by atoms with Crippen molar-refractivity contribution in [3.05, 3.63) is 52.2 Å². The molecule has 0 atom stereocenters. The minimum Gasteiger partial charge on any atom is -0.497 e. The minimum absolute atomic E-state index is 0.0128. The van der Waals surface area contributed by atoms with E-state index >= 15 is 0 Å². The summed E-state index contributed by atoms with van der Waals surface area (Å²) in [6.07, 6.45) is 2.60. The number of benzene rings is 1. The lowest BCUT2D eigenvalue weighted by molar-refractivity contribution is 0.0440. The number of rotatable bonds is 7. The number of amides is 2. The second-order valence-electron chi connectivity index (χ2n) is 6.38. The zero-order valence-corrected chi connectivity index (χ0v) is 16.0. The molecule has 0 aliphatic carbocycles. The number of urea groups is 1. The van der Waals surface area contributed by atoms with Gasteiger partial charge in [-0.2, -0.15) is 0 Å². The molecule has 3 rings (SSSR count). The Morgan fingerprint density at radius 3 is 2.69 bits per heavy atom. The molecular weight excluding hydrogens is 348 g/mol. The van der Waals surface area contributed by atoms with Gasteiger partial charge >= 0.3 is 6.03 Å². The highest BCUT2D eigenvalue weighted by Crippen LogP contribution is 2.20. The molecule has 1 aromatic heterocycles. The van der Waals surface area contributed by atoms with E-state index in [0.29, 0.717) is 13.1 Å². The number of nitrogens with zero attached hydrogens (tertiary/aromatic N) is 1. The first-order chi connectivity index (χ1) is 12.8. The van der Waals surface area contributed by atoms with Crippen LogP contribution in [0.3, 0.4) is 0 Å². The Balaban J connectivity index is 1.55. The van der Waals surface area contributed by atoms with E-state index in [1.165, 1.54) is 10.4 Å². The Kier molecular flexibility index (Phi) is 6.91. The summed E-state index contributed by atoms with van der Waals surface area (Å²) in [5.41, 5.74) is 1.18. The molecule has 1 aromatic carbocycles. The van der Waals surface area contributed by atoms with Crippen molar-refractivity contribution < 1.29 is 14.3 Å². The van der Waals surface area contributed by atoms with Gasteiger partial charge in [0.05, 0.1) is 13.7 Å². The largest absolute Gasteiger partial charge is 0.497 e. The quantitative estimate of drug-likeness (QED) is 0.804. The summed E-state index contributed by atoms with van der Waals surface area (Å²) in [7, 11) is 1.66. The van der Waals surface area contributed by atoms with Crippen LogP contribution < -0.4 is 10.1 Å². The lowest BCUT2D eigenvalue weighted by atomic mass is 10.1. The first kappa shape index (κ1) is 18.7. The van der Waals surface area contributed by atoms with Gasteiger partial charge < -0.3 is 19.7 Å². The third-order valence-corrected chi connectivity index (χ3v) is 5.51. The van der Waals surface area contributed by atoms with E-state index in [9.17, 15) is 4.79 Å². The van der Waals surface area contributed by atoms with Crippen molar-refractivity contribution in [1.29, 1.82) is 0 Å². The standard InChI is InChI=1S/C20H26N2O3S/c1-24-18-6-4-16(5-7-18)8-11-21-20(23)22(15-19-3-2-14-26-19)17-9-12-25-13-10-17/h2-7,14,17H,8-13,15H2,1H3,(H,21,23). The van der Waals surface area contributed by atoms with Crippen molar-refractivity contribution in [2.75, 3.05) is 26.9 Å². The predicted molar refractivity (Wildman–Crippen MR) is 104 cm³/mol. The van der Waals surface area contributed by atoms with E-state index in [4.69, 9.17) is 9.47 Å². The molecule has 0 saturated carbocycles. The van der Waals surface area contributed by atoms with Crippen LogP contribution in [-0.4, -0.2) is 43.8 Å². The fourth-order valence-corrected chi connectivity index (χ4v) is 3.84. The highest BCUT2D eigenvalue weighted by molar-refractivity contribution is 7.09. The van der Waals surface area contributed by atoms with Crippen molar-refractivity contribution >= 4 is 17.4 Å². The van der Waals surface area contributed by atoms with Gasteiger partial charge in [0.1, 0.15) is 5.75 Å². The topological polar surface area (TPSA) is 50.8 Å². The average Bonchev–Trinajstić information content (AvgIpc) is 3.20. The molecule has 1 saturated heterocycles. The summed E-state index contributed by atoms with van der Waals surface area (Å²) < 4.78 is 10.6. The maximum atomic E-state index is 12.8. The SMILES string of the molecule is COc1ccc(CCNC(=O)N(Cc2cccs2)C2CCOCC2)cc1. The molecule has 1 N–H and O–H groups in total. The molecule has 26 heavy (non-hydrogen) atoms. The van der Waals surface area contributed by atoms with Crippen LogP contribution in [0.5, 0.6) is 5.75 Å². The Labute approximate surface area is 158 Å². The van der Waals surface area contributed by atoms with Crippen LogP contribution in [0.15, 0.2) is 41.8 Å². The lowest BCUT2D eigenvalue weighted by Crippen LogP contribution is -2.48. The smallest absolute Gasteiger partial charge is 0.317 e. The Morgan fingerprint density at radius 2 is 2.04 bits per heavy atom. The van der Waals surface area contributed by atoms with E-state index in [1.54, 1.807) is 18.4 Å². The fourth-order valence-electron chi connectivity index (χ4n) is 3.14. The summed E-state index contributed by atoms with van der Waals surface area (Å²) in [5.74, 6) is 0.847. The molecule has 0 bridgehead atoms. The normalized spacial score (nSPS) is 14.8. The van der Waals surface area contributed by atoms with E-state index in [1.807, 2.05) is 35.2 Å². The molecule has 0 spiro atoms. The van der Waals surface area contributed by atoms with Crippen molar-refractivity contribution in [1.82, 2.24) is 10.2 Å². The van der Waals surface area contributed by atoms with Gasteiger partial charge in [-0.25, -0.2) is 4.79 Å². The van der Waals surface area contributed by atoms with Gasteiger partial charge in [0.2, 0.25) is 0 Å². The number of nitrogens with one attached hydrogen (secondary N) is 1. The third-order valence-electron chi connectivity index (χ3n) is 4.65. The van der Waals surface area contributed by atoms with Crippen LogP contribution in [0.25, 0.3) is 0 Å². The zero-order chi connectivity index (χ0) is 18.2. The monoisotopic (exact) mass is 374 g/mol. The van der Waals surface area contributed by atoms with Crippen molar-refractivity contribution in [3.8, 4) is 5.75 Å². The molecule has 1 aliphatic heterocycles. The lowest BCUT2D eigenvalue weighted by Gasteiger charge is -2.34. The number of carbonyl (C=O) groups excluding carboxylic acids is 1. The Bertz CT molecular complexity index is 667. The van der Waals surface area contributed by atoms with E-state index in [-0.39, 0.29) is 12.1 Å². The molecule has 5 nitrogen and oxygen atoms in total. The van der Waals surface area contributed by atoms with Crippen LogP contribution in [0.1, 0.15) is 23.3 Å². The second-order valence-corrected chi connectivity index (χ2v) is 7.41. The highest BCUT2D eigenvalue weighted by Gasteiger charge is 2.26. The number of hydrogen-bond donors (Lipinski definition) is 1. The molecule has 1 aliphatic rings. The zero-order valence-electron chi connectivity index (χ0n) is 15.1. The minimum atomic E-state index is 0.0128. The van der Waals surface area contributed by atoms with Gasteiger partial charge in [-0.3, -0.25) is 0 Å². The van der Waals surface area contributed by atoms with Gasteiger partial charge in [0.15, 0.2) is 0 Å². The Morgan fingerprint density at radius 1 is 1.27 bits per heavy atom. The fraction of sp³-hybridized carbons (Fsp3) is 0.450. The number of ether oxygens (including phenoxy) is 2. The van der Waals surface area contributed by atoms with Crippen LogP contribution in [0.2, 0.25) is 0 Å². The molecule has 2 aromatic rings. The molecular formula is C20H26N2O3S. The number of methoxy groups -OCH3 is 1. The van der Waals surface area contributed by atoms with Crippen LogP contribution in [0.4, 0.5) is 4.79 Å².